The zero-order valence-electron chi connectivity index (χ0n) is 23.9. The van der Waals surface area contributed by atoms with E-state index in [0.29, 0.717) is 42.0 Å². The van der Waals surface area contributed by atoms with Crippen LogP contribution in [-0.2, 0) is 27.5 Å². The first-order chi connectivity index (χ1) is 21.4. The van der Waals surface area contributed by atoms with Crippen molar-refractivity contribution in [3.8, 4) is 34.0 Å². The maximum absolute atomic E-state index is 14.9. The molecule has 0 aliphatic carbocycles. The molecule has 9 heteroatoms. The molecule has 2 heterocycles. The lowest BCUT2D eigenvalue weighted by molar-refractivity contribution is -0.174. The number of hydrogen-bond acceptors (Lipinski definition) is 7. The molecule has 1 aliphatic heterocycles. The van der Waals surface area contributed by atoms with Gasteiger partial charge in [0.2, 0.25) is 5.82 Å². The molecule has 0 bridgehead atoms. The fourth-order valence-corrected chi connectivity index (χ4v) is 5.54. The Morgan fingerprint density at radius 2 is 1.59 bits per heavy atom. The molecule has 6 rings (SSSR count). The number of carbonyl (C=O) groups excluding carboxylic acids is 1. The van der Waals surface area contributed by atoms with Gasteiger partial charge in [-0.2, -0.15) is 4.98 Å². The third-order valence-corrected chi connectivity index (χ3v) is 7.93. The molecule has 1 saturated heterocycles. The van der Waals surface area contributed by atoms with Crippen LogP contribution in [0.25, 0.3) is 34.0 Å². The van der Waals surface area contributed by atoms with Crippen LogP contribution in [0.4, 0.5) is 4.39 Å². The van der Waals surface area contributed by atoms with Gasteiger partial charge in [0, 0.05) is 29.8 Å². The quantitative estimate of drug-likeness (QED) is 0.151. The van der Waals surface area contributed by atoms with Crippen LogP contribution in [0.5, 0.6) is 0 Å². The number of halogens is 1. The fourth-order valence-electron chi connectivity index (χ4n) is 5.54. The maximum Gasteiger partial charge on any atom is 0.325 e. The number of benzene rings is 4. The summed E-state index contributed by atoms with van der Waals surface area (Å²) < 4.78 is 25.8. The summed E-state index contributed by atoms with van der Waals surface area (Å²) in [7, 11) is 0. The number of likely N-dealkylation sites (tertiary alicyclic amines) is 1. The van der Waals surface area contributed by atoms with E-state index in [-0.39, 0.29) is 31.3 Å². The summed E-state index contributed by atoms with van der Waals surface area (Å²) in [5, 5.41) is 14.2. The van der Waals surface area contributed by atoms with Crippen molar-refractivity contribution in [3.63, 3.8) is 0 Å². The van der Waals surface area contributed by atoms with Crippen molar-refractivity contribution in [3.05, 3.63) is 120 Å². The SMILES string of the molecule is O=C(O)C1(C(=O)OCc2ccccc2)CCCN(Cc2ccc(-c3noc(-c4ccc(-c5ccccc5)c(F)c4)n3)cc2)C1. The third-order valence-electron chi connectivity index (χ3n) is 7.93. The number of aromatic nitrogens is 2. The summed E-state index contributed by atoms with van der Waals surface area (Å²) >= 11 is 0. The molecule has 0 amide bonds. The van der Waals surface area contributed by atoms with Crippen molar-refractivity contribution < 1.29 is 28.3 Å². The van der Waals surface area contributed by atoms with Crippen LogP contribution in [0.2, 0.25) is 0 Å². The highest BCUT2D eigenvalue weighted by atomic mass is 19.1. The van der Waals surface area contributed by atoms with Gasteiger partial charge in [-0.25, -0.2) is 4.39 Å². The van der Waals surface area contributed by atoms with Crippen molar-refractivity contribution in [1.29, 1.82) is 0 Å². The van der Waals surface area contributed by atoms with Crippen molar-refractivity contribution in [1.82, 2.24) is 15.0 Å². The molecule has 0 spiro atoms. The Hall–Kier alpha value is -5.15. The van der Waals surface area contributed by atoms with Crippen molar-refractivity contribution >= 4 is 11.9 Å². The van der Waals surface area contributed by atoms with Crippen LogP contribution in [0.1, 0.15) is 24.0 Å². The monoisotopic (exact) mass is 591 g/mol. The van der Waals surface area contributed by atoms with Gasteiger partial charge in [-0.05, 0) is 48.2 Å². The highest BCUT2D eigenvalue weighted by Crippen LogP contribution is 2.34. The lowest BCUT2D eigenvalue weighted by Gasteiger charge is -2.38. The molecular formula is C35H30FN3O5. The van der Waals surface area contributed by atoms with Gasteiger partial charge in [0.1, 0.15) is 12.4 Å². The summed E-state index contributed by atoms with van der Waals surface area (Å²) in [6.45, 7) is 1.22. The van der Waals surface area contributed by atoms with Crippen LogP contribution in [0, 0.1) is 11.2 Å². The Bertz CT molecular complexity index is 1760. The average Bonchev–Trinajstić information content (AvgIpc) is 3.55. The standard InChI is InChI=1S/C35H30FN3O5/c36-30-20-28(16-17-29(30)26-10-5-2-6-11-26)32-37-31(38-44-32)27-14-12-24(13-15-27)21-39-19-7-18-35(23-39,33(40)41)34(42)43-22-25-8-3-1-4-9-25/h1-6,8-17,20H,7,18-19,21-23H2,(H,40,41). The summed E-state index contributed by atoms with van der Waals surface area (Å²) in [4.78, 5) is 31.9. The zero-order valence-corrected chi connectivity index (χ0v) is 23.9. The van der Waals surface area contributed by atoms with E-state index in [1.54, 1.807) is 12.1 Å². The molecule has 44 heavy (non-hydrogen) atoms. The number of carboxylic acids is 1. The lowest BCUT2D eigenvalue weighted by Crippen LogP contribution is -2.52. The number of rotatable bonds is 9. The van der Waals surface area contributed by atoms with Crippen LogP contribution in [-0.4, -0.2) is 45.2 Å². The predicted octanol–water partition coefficient (Wildman–Crippen LogP) is 6.62. The van der Waals surface area contributed by atoms with Crippen LogP contribution >= 0.6 is 0 Å². The van der Waals surface area contributed by atoms with Gasteiger partial charge in [-0.3, -0.25) is 14.5 Å². The molecule has 0 radical (unpaired) electrons. The second-order valence-electron chi connectivity index (χ2n) is 10.9. The van der Waals surface area contributed by atoms with E-state index in [2.05, 4.69) is 10.1 Å². The maximum atomic E-state index is 14.9. The van der Waals surface area contributed by atoms with E-state index >= 15 is 0 Å². The van der Waals surface area contributed by atoms with Gasteiger partial charge in [0.15, 0.2) is 5.41 Å². The molecule has 1 unspecified atom stereocenters. The highest BCUT2D eigenvalue weighted by molar-refractivity contribution is 5.99. The average molecular weight is 592 g/mol. The molecular weight excluding hydrogens is 561 g/mol. The number of ether oxygens (including phenoxy) is 1. The molecule has 1 N–H and O–H groups in total. The van der Waals surface area contributed by atoms with E-state index in [1.165, 1.54) is 6.07 Å². The summed E-state index contributed by atoms with van der Waals surface area (Å²) in [6, 6.07) is 30.9. The van der Waals surface area contributed by atoms with Gasteiger partial charge in [-0.1, -0.05) is 96.2 Å². The Morgan fingerprint density at radius 1 is 0.886 bits per heavy atom. The first-order valence-corrected chi connectivity index (χ1v) is 14.4. The van der Waals surface area contributed by atoms with Gasteiger partial charge in [0.25, 0.3) is 5.89 Å². The molecule has 5 aromatic rings. The number of piperidine rings is 1. The van der Waals surface area contributed by atoms with Gasteiger partial charge < -0.3 is 14.4 Å². The second-order valence-corrected chi connectivity index (χ2v) is 10.9. The fraction of sp³-hybridized carbons (Fsp3) is 0.200. The van der Waals surface area contributed by atoms with Crippen LogP contribution < -0.4 is 0 Å². The van der Waals surface area contributed by atoms with E-state index in [9.17, 15) is 19.1 Å². The van der Waals surface area contributed by atoms with Crippen molar-refractivity contribution in [2.24, 2.45) is 5.41 Å². The molecule has 222 valence electrons. The molecule has 4 aromatic carbocycles. The van der Waals surface area contributed by atoms with Gasteiger partial charge in [0.05, 0.1) is 0 Å². The van der Waals surface area contributed by atoms with E-state index in [1.807, 2.05) is 89.8 Å². The Labute approximate surface area is 253 Å². The predicted molar refractivity (Wildman–Crippen MR) is 161 cm³/mol. The minimum absolute atomic E-state index is 0.0297. The molecule has 8 nitrogen and oxygen atoms in total. The van der Waals surface area contributed by atoms with E-state index in [0.717, 1.165) is 16.7 Å². The van der Waals surface area contributed by atoms with Gasteiger partial charge in [-0.15, -0.1) is 0 Å². The minimum atomic E-state index is -1.62. The van der Waals surface area contributed by atoms with Gasteiger partial charge >= 0.3 is 11.9 Å². The summed E-state index contributed by atoms with van der Waals surface area (Å²) in [5.41, 5.74) is 2.59. The van der Waals surface area contributed by atoms with Crippen LogP contribution in [0.3, 0.4) is 0 Å². The first-order valence-electron chi connectivity index (χ1n) is 14.4. The number of carboxylic acid groups (broad SMARTS) is 1. The summed E-state index contributed by atoms with van der Waals surface area (Å²) in [5.74, 6) is -1.69. The van der Waals surface area contributed by atoms with Crippen molar-refractivity contribution in [2.45, 2.75) is 26.0 Å². The topological polar surface area (TPSA) is 106 Å². The summed E-state index contributed by atoms with van der Waals surface area (Å²) in [6.07, 6.45) is 0.786. The molecule has 0 saturated carbocycles. The molecule has 1 fully saturated rings. The first kappa shape index (κ1) is 28.9. The Balaban J connectivity index is 1.11. The Morgan fingerprint density at radius 3 is 2.30 bits per heavy atom. The van der Waals surface area contributed by atoms with E-state index in [4.69, 9.17) is 9.26 Å². The molecule has 1 aromatic heterocycles. The largest absolute Gasteiger partial charge is 0.480 e. The molecule has 1 aliphatic rings. The number of carbonyl (C=O) groups is 2. The Kier molecular flexibility index (Phi) is 8.29. The zero-order chi connectivity index (χ0) is 30.5. The van der Waals surface area contributed by atoms with E-state index < -0.39 is 17.4 Å². The number of nitrogens with zero attached hydrogens (tertiary/aromatic N) is 3. The lowest BCUT2D eigenvalue weighted by atomic mass is 9.79. The number of aliphatic carboxylic acids is 1. The van der Waals surface area contributed by atoms with Crippen molar-refractivity contribution in [2.75, 3.05) is 13.1 Å². The smallest absolute Gasteiger partial charge is 0.325 e. The highest BCUT2D eigenvalue weighted by Gasteiger charge is 2.50. The number of esters is 1. The second kappa shape index (κ2) is 12.6. The minimum Gasteiger partial charge on any atom is -0.480 e. The van der Waals surface area contributed by atoms with Crippen LogP contribution in [0.15, 0.2) is 108 Å². The normalized spacial score (nSPS) is 16.8. The third kappa shape index (κ3) is 6.14. The molecule has 1 atom stereocenters. The number of hydrogen-bond donors (Lipinski definition) is 1.